The van der Waals surface area contributed by atoms with E-state index in [-0.39, 0.29) is 16.9 Å². The number of hydrogen-bond donors (Lipinski definition) is 0. The molecule has 6 nitrogen and oxygen atoms in total. The van der Waals surface area contributed by atoms with Gasteiger partial charge in [-0.15, -0.1) is 0 Å². The second kappa shape index (κ2) is 6.71. The molecule has 1 saturated heterocycles. The van der Waals surface area contributed by atoms with Crippen LogP contribution in [-0.2, 0) is 14.3 Å². The van der Waals surface area contributed by atoms with E-state index in [1.54, 1.807) is 17.0 Å². The number of aromatic nitrogens is 1. The number of rotatable bonds is 4. The Balaban J connectivity index is 2.10. The maximum absolute atomic E-state index is 12.1. The number of pyridine rings is 1. The van der Waals surface area contributed by atoms with Gasteiger partial charge in [-0.3, -0.25) is 14.5 Å². The Labute approximate surface area is 126 Å². The Morgan fingerprint density at radius 2 is 2.29 bits per heavy atom. The minimum Gasteiger partial charge on any atom is -0.465 e. The van der Waals surface area contributed by atoms with Crippen molar-refractivity contribution in [2.75, 3.05) is 24.3 Å². The van der Waals surface area contributed by atoms with E-state index in [2.05, 4.69) is 9.72 Å². The van der Waals surface area contributed by atoms with E-state index in [0.717, 1.165) is 0 Å². The lowest BCUT2D eigenvalue weighted by molar-refractivity contribution is -0.117. The summed E-state index contributed by atoms with van der Waals surface area (Å²) in [7, 11) is 1.30. The van der Waals surface area contributed by atoms with Gasteiger partial charge in [0.2, 0.25) is 5.91 Å². The highest BCUT2D eigenvalue weighted by atomic mass is 32.2. The van der Waals surface area contributed by atoms with Gasteiger partial charge >= 0.3 is 5.97 Å². The molecule has 21 heavy (non-hydrogen) atoms. The van der Waals surface area contributed by atoms with Gasteiger partial charge in [-0.2, -0.15) is 0 Å². The molecule has 1 aliphatic rings. The molecule has 7 heteroatoms. The first kappa shape index (κ1) is 15.5. The van der Waals surface area contributed by atoms with Gasteiger partial charge in [-0.1, -0.05) is 11.8 Å². The largest absolute Gasteiger partial charge is 0.465 e. The third-order valence-electron chi connectivity index (χ3n) is 3.17. The summed E-state index contributed by atoms with van der Waals surface area (Å²) < 4.78 is 4.66. The summed E-state index contributed by atoms with van der Waals surface area (Å²) >= 11 is 1.23. The lowest BCUT2D eigenvalue weighted by Crippen LogP contribution is -2.26. The van der Waals surface area contributed by atoms with Crippen molar-refractivity contribution in [1.29, 1.82) is 0 Å². The van der Waals surface area contributed by atoms with Gasteiger partial charge in [0.1, 0.15) is 5.82 Å². The highest BCUT2D eigenvalue weighted by Gasteiger charge is 2.31. The van der Waals surface area contributed by atoms with Crippen LogP contribution in [0.2, 0.25) is 0 Å². The average Bonchev–Trinajstić information content (AvgIpc) is 2.85. The molecule has 1 aliphatic heterocycles. The molecule has 0 N–H and O–H groups in total. The lowest BCUT2D eigenvalue weighted by Gasteiger charge is -2.16. The monoisotopic (exact) mass is 308 g/mol. The van der Waals surface area contributed by atoms with Crippen LogP contribution < -0.4 is 4.90 Å². The fourth-order valence-electron chi connectivity index (χ4n) is 2.16. The number of thioether (sulfide) groups is 1. The predicted molar refractivity (Wildman–Crippen MR) is 79.2 cm³/mol. The van der Waals surface area contributed by atoms with Crippen LogP contribution in [0.5, 0.6) is 0 Å². The number of ether oxygens (including phenoxy) is 1. The summed E-state index contributed by atoms with van der Waals surface area (Å²) in [4.78, 5) is 40.2. The van der Waals surface area contributed by atoms with Crippen LogP contribution in [0.25, 0.3) is 0 Å². The van der Waals surface area contributed by atoms with Crippen LogP contribution in [0, 0.1) is 5.92 Å². The summed E-state index contributed by atoms with van der Waals surface area (Å²) in [5.41, 5.74) is 0.358. The number of carbonyl (C=O) groups is 3. The molecule has 0 saturated carbocycles. The summed E-state index contributed by atoms with van der Waals surface area (Å²) in [5.74, 6) is 0.676. The zero-order valence-electron chi connectivity index (χ0n) is 11.9. The normalized spacial score (nSPS) is 17.9. The fraction of sp³-hybridized carbons (Fsp3) is 0.429. The number of esters is 1. The summed E-state index contributed by atoms with van der Waals surface area (Å²) in [6, 6.07) is 3.09. The van der Waals surface area contributed by atoms with Crippen molar-refractivity contribution < 1.29 is 19.1 Å². The van der Waals surface area contributed by atoms with Gasteiger partial charge in [0, 0.05) is 31.8 Å². The summed E-state index contributed by atoms with van der Waals surface area (Å²) in [6.45, 7) is 2.03. The maximum atomic E-state index is 12.1. The number of nitrogens with zero attached hydrogens (tertiary/aromatic N) is 2. The van der Waals surface area contributed by atoms with Gasteiger partial charge in [-0.05, 0) is 18.1 Å². The number of amides is 1. The first-order chi connectivity index (χ1) is 10.0. The van der Waals surface area contributed by atoms with Crippen molar-refractivity contribution in [1.82, 2.24) is 4.98 Å². The van der Waals surface area contributed by atoms with Crippen molar-refractivity contribution in [3.05, 3.63) is 23.9 Å². The minimum absolute atomic E-state index is 0.0429. The van der Waals surface area contributed by atoms with Crippen molar-refractivity contribution in [3.8, 4) is 0 Å². The van der Waals surface area contributed by atoms with Crippen molar-refractivity contribution in [2.45, 2.75) is 13.3 Å². The zero-order valence-corrected chi connectivity index (χ0v) is 12.7. The molecule has 1 unspecified atom stereocenters. The molecule has 112 valence electrons. The van der Waals surface area contributed by atoms with Crippen LogP contribution in [0.15, 0.2) is 18.3 Å². The molecule has 1 amide bonds. The van der Waals surface area contributed by atoms with Crippen LogP contribution in [0.1, 0.15) is 23.7 Å². The quantitative estimate of drug-likeness (QED) is 0.785. The third kappa shape index (κ3) is 3.81. The van der Waals surface area contributed by atoms with E-state index in [1.807, 2.05) is 0 Å². The highest BCUT2D eigenvalue weighted by Crippen LogP contribution is 2.26. The lowest BCUT2D eigenvalue weighted by atomic mass is 10.1. The Hall–Kier alpha value is -1.89. The molecule has 2 rings (SSSR count). The third-order valence-corrected chi connectivity index (χ3v) is 4.22. The smallest absolute Gasteiger partial charge is 0.338 e. The first-order valence-electron chi connectivity index (χ1n) is 6.49. The average molecular weight is 308 g/mol. The van der Waals surface area contributed by atoms with E-state index < -0.39 is 5.97 Å². The first-order valence-corrected chi connectivity index (χ1v) is 7.48. The molecule has 0 aromatic carbocycles. The summed E-state index contributed by atoms with van der Waals surface area (Å²) in [6.07, 6.45) is 1.87. The van der Waals surface area contributed by atoms with Crippen LogP contribution in [0.4, 0.5) is 5.82 Å². The second-order valence-corrected chi connectivity index (χ2v) is 5.97. The van der Waals surface area contributed by atoms with Crippen molar-refractivity contribution in [3.63, 3.8) is 0 Å². The van der Waals surface area contributed by atoms with Gasteiger partial charge < -0.3 is 4.74 Å². The van der Waals surface area contributed by atoms with Crippen LogP contribution in [-0.4, -0.2) is 41.4 Å². The van der Waals surface area contributed by atoms with Gasteiger partial charge in [0.25, 0.3) is 0 Å². The molecule has 0 spiro atoms. The van der Waals surface area contributed by atoms with Gasteiger partial charge in [-0.25, -0.2) is 9.78 Å². The molecule has 1 aromatic rings. The predicted octanol–water partition coefficient (Wildman–Crippen LogP) is 1.50. The SMILES string of the molecule is COC(=O)c1ccnc(N2CC(CSC(C)=O)CC2=O)c1. The van der Waals surface area contributed by atoms with Gasteiger partial charge in [0.15, 0.2) is 5.12 Å². The number of carbonyl (C=O) groups excluding carboxylic acids is 3. The Bertz CT molecular complexity index is 576. The Kier molecular flexibility index (Phi) is 4.95. The van der Waals surface area contributed by atoms with Crippen LogP contribution >= 0.6 is 11.8 Å². The second-order valence-electron chi connectivity index (χ2n) is 4.77. The van der Waals surface area contributed by atoms with Crippen molar-refractivity contribution >= 4 is 34.6 Å². The topological polar surface area (TPSA) is 76.6 Å². The Morgan fingerprint density at radius 3 is 2.95 bits per heavy atom. The Morgan fingerprint density at radius 1 is 1.52 bits per heavy atom. The number of hydrogen-bond acceptors (Lipinski definition) is 6. The van der Waals surface area contributed by atoms with Crippen molar-refractivity contribution in [2.24, 2.45) is 5.92 Å². The standard InChI is InChI=1S/C14H16N2O4S/c1-9(17)21-8-10-5-13(18)16(7-10)12-6-11(3-4-15-12)14(19)20-2/h3-4,6,10H,5,7-8H2,1-2H3. The maximum Gasteiger partial charge on any atom is 0.338 e. The fourth-order valence-corrected chi connectivity index (χ4v) is 2.85. The zero-order chi connectivity index (χ0) is 15.4. The molecule has 0 bridgehead atoms. The van der Waals surface area contributed by atoms with E-state index >= 15 is 0 Å². The highest BCUT2D eigenvalue weighted by molar-refractivity contribution is 8.13. The molecule has 0 radical (unpaired) electrons. The van der Waals surface area contributed by atoms with E-state index in [0.29, 0.717) is 30.1 Å². The molecule has 0 aliphatic carbocycles. The molecule has 1 atom stereocenters. The number of anilines is 1. The number of methoxy groups -OCH3 is 1. The molecular formula is C14H16N2O4S. The van der Waals surface area contributed by atoms with E-state index in [9.17, 15) is 14.4 Å². The molecule has 1 aromatic heterocycles. The van der Waals surface area contributed by atoms with E-state index in [1.165, 1.54) is 32.0 Å². The van der Waals surface area contributed by atoms with E-state index in [4.69, 9.17) is 0 Å². The molecule has 1 fully saturated rings. The molecular weight excluding hydrogens is 292 g/mol. The molecule has 2 heterocycles. The minimum atomic E-state index is -0.464. The van der Waals surface area contributed by atoms with Gasteiger partial charge in [0.05, 0.1) is 12.7 Å². The van der Waals surface area contributed by atoms with Crippen LogP contribution in [0.3, 0.4) is 0 Å². The summed E-state index contributed by atoms with van der Waals surface area (Å²) in [5, 5.41) is 0.0479.